The van der Waals surface area contributed by atoms with Crippen molar-refractivity contribution in [3.8, 4) is 34.1 Å². The molecule has 0 radical (unpaired) electrons. The fraction of sp³-hybridized carbons (Fsp3) is 0.290. The Labute approximate surface area is 231 Å². The predicted octanol–water partition coefficient (Wildman–Crippen LogP) is 5.65. The zero-order valence-corrected chi connectivity index (χ0v) is 22.2. The second-order valence-electron chi connectivity index (χ2n) is 9.69. The zero-order chi connectivity index (χ0) is 28.1. The van der Waals surface area contributed by atoms with E-state index in [9.17, 15) is 14.0 Å². The van der Waals surface area contributed by atoms with Crippen molar-refractivity contribution in [2.45, 2.75) is 18.9 Å². The van der Waals surface area contributed by atoms with E-state index in [1.807, 2.05) is 24.3 Å². The molecule has 1 fully saturated rings. The van der Waals surface area contributed by atoms with Gasteiger partial charge in [-0.2, -0.15) is 5.26 Å². The summed E-state index contributed by atoms with van der Waals surface area (Å²) in [5.74, 6) is -0.903. The number of halogens is 2. The van der Waals surface area contributed by atoms with E-state index < -0.39 is 11.6 Å². The zero-order valence-electron chi connectivity index (χ0n) is 22.2. The van der Waals surface area contributed by atoms with Crippen LogP contribution in [0.25, 0.3) is 33.2 Å². The van der Waals surface area contributed by atoms with Crippen molar-refractivity contribution < 1.29 is 23.0 Å². The molecule has 0 bridgehead atoms. The molecule has 206 valence electrons. The highest BCUT2D eigenvalue weighted by molar-refractivity contribution is 6.02. The van der Waals surface area contributed by atoms with E-state index in [0.717, 1.165) is 41.1 Å². The number of benzene rings is 3. The normalized spacial score (nSPS) is 13.9. The lowest BCUT2D eigenvalue weighted by molar-refractivity contribution is -0.00833. The molecule has 9 heteroatoms. The number of ether oxygens (including phenoxy) is 3. The first-order valence-electron chi connectivity index (χ1n) is 13.1. The molecule has 1 saturated heterocycles. The minimum absolute atomic E-state index is 0.0429. The standard InChI is InChI=1S/C31H30F2N4O3/c1-38-11-12-39-19-40-31-21(17-34)3-2-4-26(31)20-5-6-29-27(15-20)30(37-9-7-25(35)8-10-37)28(18-36-29)22-13-23(32)16-24(33)14-22/h2-6,13-16,18,25H,7-12,19,35H2,1H3. The van der Waals surface area contributed by atoms with Crippen molar-refractivity contribution in [2.24, 2.45) is 5.73 Å². The van der Waals surface area contributed by atoms with Crippen molar-refractivity contribution in [2.75, 3.05) is 45.1 Å². The first-order chi connectivity index (χ1) is 19.5. The summed E-state index contributed by atoms with van der Waals surface area (Å²) < 4.78 is 45.0. The fourth-order valence-corrected chi connectivity index (χ4v) is 5.04. The number of nitriles is 1. The van der Waals surface area contributed by atoms with Crippen molar-refractivity contribution in [1.82, 2.24) is 4.98 Å². The van der Waals surface area contributed by atoms with Crippen LogP contribution in [0, 0.1) is 23.0 Å². The molecule has 2 N–H and O–H groups in total. The third-order valence-electron chi connectivity index (χ3n) is 7.03. The van der Waals surface area contributed by atoms with E-state index in [0.29, 0.717) is 54.3 Å². The van der Waals surface area contributed by atoms with Gasteiger partial charge >= 0.3 is 0 Å². The van der Waals surface area contributed by atoms with Crippen LogP contribution < -0.4 is 15.4 Å². The highest BCUT2D eigenvalue weighted by Gasteiger charge is 2.23. The summed E-state index contributed by atoms with van der Waals surface area (Å²) in [7, 11) is 1.59. The third kappa shape index (κ3) is 5.89. The fourth-order valence-electron chi connectivity index (χ4n) is 5.04. The van der Waals surface area contributed by atoms with E-state index in [2.05, 4.69) is 16.0 Å². The Kier molecular flexibility index (Phi) is 8.51. The van der Waals surface area contributed by atoms with Crippen molar-refractivity contribution in [3.05, 3.63) is 78.0 Å². The summed E-state index contributed by atoms with van der Waals surface area (Å²) in [5.41, 5.74) is 10.7. The molecule has 40 heavy (non-hydrogen) atoms. The first-order valence-corrected chi connectivity index (χ1v) is 13.1. The molecule has 1 aliphatic heterocycles. The maximum atomic E-state index is 14.3. The van der Waals surface area contributed by atoms with Gasteiger partial charge in [-0.05, 0) is 54.3 Å². The molecule has 0 atom stereocenters. The molecule has 0 unspecified atom stereocenters. The molecule has 7 nitrogen and oxygen atoms in total. The van der Waals surface area contributed by atoms with Gasteiger partial charge in [0, 0.05) is 55.0 Å². The number of rotatable bonds is 9. The van der Waals surface area contributed by atoms with Crippen molar-refractivity contribution in [1.29, 1.82) is 5.26 Å². The van der Waals surface area contributed by atoms with Crippen LogP contribution in [0.1, 0.15) is 18.4 Å². The van der Waals surface area contributed by atoms with Gasteiger partial charge < -0.3 is 24.8 Å². The van der Waals surface area contributed by atoms with Crippen LogP contribution in [-0.2, 0) is 9.47 Å². The minimum Gasteiger partial charge on any atom is -0.466 e. The molecule has 4 aromatic rings. The van der Waals surface area contributed by atoms with E-state index >= 15 is 0 Å². The lowest BCUT2D eigenvalue weighted by atomic mass is 9.95. The van der Waals surface area contributed by atoms with Crippen LogP contribution in [0.3, 0.4) is 0 Å². The lowest BCUT2D eigenvalue weighted by Crippen LogP contribution is -2.40. The monoisotopic (exact) mass is 544 g/mol. The van der Waals surface area contributed by atoms with Crippen LogP contribution in [0.5, 0.6) is 5.75 Å². The van der Waals surface area contributed by atoms with Gasteiger partial charge in [0.25, 0.3) is 0 Å². The number of anilines is 1. The molecule has 1 aliphatic rings. The number of methoxy groups -OCH3 is 1. The number of fused-ring (bicyclic) bond motifs is 1. The lowest BCUT2D eigenvalue weighted by Gasteiger charge is -2.34. The maximum Gasteiger partial charge on any atom is 0.189 e. The van der Waals surface area contributed by atoms with Crippen LogP contribution in [0.4, 0.5) is 14.5 Å². The van der Waals surface area contributed by atoms with Crippen LogP contribution in [-0.4, -0.2) is 51.2 Å². The summed E-state index contributed by atoms with van der Waals surface area (Å²) in [6.45, 7) is 2.14. The number of para-hydroxylation sites is 1. The third-order valence-corrected chi connectivity index (χ3v) is 7.03. The van der Waals surface area contributed by atoms with Gasteiger partial charge in [0.05, 0.1) is 30.0 Å². The molecule has 0 aliphatic carbocycles. The topological polar surface area (TPSA) is 93.6 Å². The van der Waals surface area contributed by atoms with Gasteiger partial charge in [-0.15, -0.1) is 0 Å². The van der Waals surface area contributed by atoms with Crippen LogP contribution >= 0.6 is 0 Å². The molecule has 5 rings (SSSR count). The highest BCUT2D eigenvalue weighted by Crippen LogP contribution is 2.41. The Morgan fingerprint density at radius 1 is 1.00 bits per heavy atom. The van der Waals surface area contributed by atoms with Gasteiger partial charge in [-0.25, -0.2) is 8.78 Å². The molecular weight excluding hydrogens is 514 g/mol. The Morgan fingerprint density at radius 3 is 2.50 bits per heavy atom. The minimum atomic E-state index is -0.654. The maximum absolute atomic E-state index is 14.3. The summed E-state index contributed by atoms with van der Waals surface area (Å²) in [6.07, 6.45) is 3.26. The number of nitrogens with zero attached hydrogens (tertiary/aromatic N) is 3. The number of aromatic nitrogens is 1. The summed E-state index contributed by atoms with van der Waals surface area (Å²) in [5, 5.41) is 10.6. The molecule has 0 amide bonds. The summed E-state index contributed by atoms with van der Waals surface area (Å²) >= 11 is 0. The SMILES string of the molecule is COCCOCOc1c(C#N)cccc1-c1ccc2ncc(-c3cc(F)cc(F)c3)c(N3CCC(N)CC3)c2c1. The van der Waals surface area contributed by atoms with Crippen LogP contribution in [0.2, 0.25) is 0 Å². The largest absolute Gasteiger partial charge is 0.466 e. The second kappa shape index (κ2) is 12.4. The average molecular weight is 545 g/mol. The molecule has 2 heterocycles. The van der Waals surface area contributed by atoms with Crippen molar-refractivity contribution >= 4 is 16.6 Å². The Bertz CT molecular complexity index is 1530. The number of piperidine rings is 1. The van der Waals surface area contributed by atoms with E-state index in [4.69, 9.17) is 19.9 Å². The molecule has 3 aromatic carbocycles. The number of hydrogen-bond donors (Lipinski definition) is 1. The van der Waals surface area contributed by atoms with Gasteiger partial charge in [-0.3, -0.25) is 4.98 Å². The summed E-state index contributed by atoms with van der Waals surface area (Å²) in [4.78, 5) is 6.86. The number of nitrogens with two attached hydrogens (primary N) is 1. The van der Waals surface area contributed by atoms with Crippen molar-refractivity contribution in [3.63, 3.8) is 0 Å². The van der Waals surface area contributed by atoms with Crippen LogP contribution in [0.15, 0.2) is 60.8 Å². The Balaban J connectivity index is 1.65. The number of pyridine rings is 1. The Morgan fingerprint density at radius 2 is 1.77 bits per heavy atom. The summed E-state index contributed by atoms with van der Waals surface area (Å²) in [6, 6.07) is 17.0. The van der Waals surface area contributed by atoms with Gasteiger partial charge in [0.1, 0.15) is 23.5 Å². The first kappa shape index (κ1) is 27.5. The predicted molar refractivity (Wildman–Crippen MR) is 150 cm³/mol. The Hall–Kier alpha value is -4.10. The smallest absolute Gasteiger partial charge is 0.189 e. The molecule has 0 spiro atoms. The van der Waals surface area contributed by atoms with Gasteiger partial charge in [0.15, 0.2) is 6.79 Å². The average Bonchev–Trinajstić information content (AvgIpc) is 2.96. The highest BCUT2D eigenvalue weighted by atomic mass is 19.1. The number of hydrogen-bond acceptors (Lipinski definition) is 7. The van der Waals surface area contributed by atoms with E-state index in [1.165, 1.54) is 12.1 Å². The molecule has 1 aromatic heterocycles. The molecule has 0 saturated carbocycles. The van der Waals surface area contributed by atoms with E-state index in [-0.39, 0.29) is 12.8 Å². The van der Waals surface area contributed by atoms with E-state index in [1.54, 1.807) is 25.4 Å². The quantitative estimate of drug-likeness (QED) is 0.215. The molecular formula is C31H30F2N4O3. The van der Waals surface area contributed by atoms with Gasteiger partial charge in [0.2, 0.25) is 0 Å². The van der Waals surface area contributed by atoms with Gasteiger partial charge in [-0.1, -0.05) is 18.2 Å². The second-order valence-corrected chi connectivity index (χ2v) is 9.69.